The number of alkyl halides is 1. The summed E-state index contributed by atoms with van der Waals surface area (Å²) < 4.78 is 5.11. The molecule has 1 saturated heterocycles. The Labute approximate surface area is 74.6 Å². The predicted molar refractivity (Wildman–Crippen MR) is 45.8 cm³/mol. The lowest BCUT2D eigenvalue weighted by atomic mass is 10.1. The van der Waals surface area contributed by atoms with E-state index in [9.17, 15) is 4.79 Å². The van der Waals surface area contributed by atoms with Crippen LogP contribution >= 0.6 is 15.9 Å². The molecule has 0 radical (unpaired) electrons. The van der Waals surface area contributed by atoms with Gasteiger partial charge in [-0.05, 0) is 25.9 Å². The first-order chi connectivity index (χ1) is 5.33. The number of esters is 1. The Kier molecular flexibility index (Phi) is 3.86. The molecule has 1 fully saturated rings. The third kappa shape index (κ3) is 3.20. The normalized spacial score (nSPS) is 19.7. The van der Waals surface area contributed by atoms with Crippen LogP contribution in [0.2, 0.25) is 0 Å². The fourth-order valence-corrected chi connectivity index (χ4v) is 1.26. The maximum Gasteiger partial charge on any atom is 0.316 e. The topological polar surface area (TPSA) is 38.3 Å². The van der Waals surface area contributed by atoms with Crippen LogP contribution < -0.4 is 5.32 Å². The summed E-state index contributed by atoms with van der Waals surface area (Å²) in [5.74, 6) is -0.156. The van der Waals surface area contributed by atoms with E-state index < -0.39 is 0 Å². The third-order valence-electron chi connectivity index (χ3n) is 1.69. The molecule has 0 atom stereocenters. The monoisotopic (exact) mass is 221 g/mol. The Morgan fingerprint density at radius 2 is 2.18 bits per heavy atom. The molecule has 64 valence electrons. The number of hydrogen-bond acceptors (Lipinski definition) is 3. The highest BCUT2D eigenvalue weighted by Gasteiger charge is 2.16. The minimum Gasteiger partial charge on any atom is -0.462 e. The summed E-state index contributed by atoms with van der Waals surface area (Å²) in [6.07, 6.45) is 2.03. The fourth-order valence-electron chi connectivity index (χ4n) is 1.13. The zero-order valence-corrected chi connectivity index (χ0v) is 7.89. The van der Waals surface area contributed by atoms with Crippen molar-refractivity contribution < 1.29 is 9.53 Å². The molecular weight excluding hydrogens is 210 g/mol. The molecule has 0 unspecified atom stereocenters. The van der Waals surface area contributed by atoms with Gasteiger partial charge in [-0.1, -0.05) is 15.9 Å². The van der Waals surface area contributed by atoms with Gasteiger partial charge in [0.1, 0.15) is 11.4 Å². The first-order valence-corrected chi connectivity index (χ1v) is 4.91. The lowest BCUT2D eigenvalue weighted by Gasteiger charge is -2.22. The van der Waals surface area contributed by atoms with E-state index in [2.05, 4.69) is 21.2 Å². The van der Waals surface area contributed by atoms with E-state index in [1.54, 1.807) is 0 Å². The van der Waals surface area contributed by atoms with Crippen molar-refractivity contribution in [2.45, 2.75) is 18.9 Å². The van der Waals surface area contributed by atoms with E-state index in [-0.39, 0.29) is 12.1 Å². The smallest absolute Gasteiger partial charge is 0.316 e. The molecule has 11 heavy (non-hydrogen) atoms. The Bertz CT molecular complexity index is 134. The van der Waals surface area contributed by atoms with Crippen LogP contribution in [0.4, 0.5) is 0 Å². The van der Waals surface area contributed by atoms with Gasteiger partial charge in [-0.3, -0.25) is 4.79 Å². The molecule has 1 heterocycles. The second kappa shape index (κ2) is 4.72. The molecule has 0 amide bonds. The maximum atomic E-state index is 10.8. The number of carbonyl (C=O) groups excluding carboxylic acids is 1. The quantitative estimate of drug-likeness (QED) is 0.551. The van der Waals surface area contributed by atoms with E-state index in [1.165, 1.54) is 0 Å². The average Bonchev–Trinajstić information content (AvgIpc) is 2.06. The number of carbonyl (C=O) groups is 1. The summed E-state index contributed by atoms with van der Waals surface area (Å²) >= 11 is 3.05. The van der Waals surface area contributed by atoms with Gasteiger partial charge in [0.2, 0.25) is 0 Å². The Morgan fingerprint density at radius 1 is 1.55 bits per heavy atom. The Hall–Kier alpha value is -0.0900. The van der Waals surface area contributed by atoms with Gasteiger partial charge in [0.05, 0.1) is 0 Å². The average molecular weight is 222 g/mol. The molecule has 0 spiro atoms. The molecule has 0 bridgehead atoms. The second-order valence-corrected chi connectivity index (χ2v) is 3.13. The van der Waals surface area contributed by atoms with Crippen molar-refractivity contribution in [1.29, 1.82) is 0 Å². The highest BCUT2D eigenvalue weighted by atomic mass is 79.9. The van der Waals surface area contributed by atoms with Gasteiger partial charge in [-0.25, -0.2) is 0 Å². The van der Waals surface area contributed by atoms with Crippen LogP contribution in [0.5, 0.6) is 0 Å². The van der Waals surface area contributed by atoms with Crippen LogP contribution in [0, 0.1) is 0 Å². The molecule has 0 saturated carbocycles. The molecule has 3 nitrogen and oxygen atoms in total. The zero-order chi connectivity index (χ0) is 8.10. The van der Waals surface area contributed by atoms with Crippen molar-refractivity contribution in [3.8, 4) is 0 Å². The van der Waals surface area contributed by atoms with Gasteiger partial charge < -0.3 is 10.1 Å². The van der Waals surface area contributed by atoms with Crippen LogP contribution in [0.1, 0.15) is 12.8 Å². The van der Waals surface area contributed by atoms with Crippen molar-refractivity contribution in [2.24, 2.45) is 0 Å². The van der Waals surface area contributed by atoms with Crippen LogP contribution in [-0.2, 0) is 9.53 Å². The van der Waals surface area contributed by atoms with Crippen LogP contribution in [0.3, 0.4) is 0 Å². The first-order valence-electron chi connectivity index (χ1n) is 3.79. The molecule has 0 aromatic carbocycles. The van der Waals surface area contributed by atoms with E-state index in [0.717, 1.165) is 25.9 Å². The van der Waals surface area contributed by atoms with E-state index in [1.807, 2.05) is 0 Å². The lowest BCUT2D eigenvalue weighted by molar-refractivity contribution is -0.146. The summed E-state index contributed by atoms with van der Waals surface area (Å²) in [5, 5.41) is 3.51. The number of ether oxygens (including phenoxy) is 1. The lowest BCUT2D eigenvalue weighted by Crippen LogP contribution is -2.33. The summed E-state index contributed by atoms with van der Waals surface area (Å²) in [4.78, 5) is 10.8. The highest BCUT2D eigenvalue weighted by molar-refractivity contribution is 9.09. The van der Waals surface area contributed by atoms with E-state index in [0.29, 0.717) is 5.33 Å². The standard InChI is InChI=1S/C7H12BrNO2/c8-5-7(10)11-6-1-3-9-4-2-6/h6,9H,1-5H2. The molecule has 1 rings (SSSR count). The van der Waals surface area contributed by atoms with Crippen LogP contribution in [0.25, 0.3) is 0 Å². The van der Waals surface area contributed by atoms with Gasteiger partial charge in [0.15, 0.2) is 0 Å². The van der Waals surface area contributed by atoms with Crippen molar-refractivity contribution >= 4 is 21.9 Å². The van der Waals surface area contributed by atoms with Crippen molar-refractivity contribution in [3.63, 3.8) is 0 Å². The van der Waals surface area contributed by atoms with Crippen molar-refractivity contribution in [1.82, 2.24) is 5.32 Å². The SMILES string of the molecule is O=C(CBr)OC1CCNCC1. The molecule has 4 heteroatoms. The van der Waals surface area contributed by atoms with Gasteiger partial charge in [0.25, 0.3) is 0 Å². The minimum absolute atomic E-state index is 0.140. The van der Waals surface area contributed by atoms with Crippen LogP contribution in [0.15, 0.2) is 0 Å². The molecule has 1 N–H and O–H groups in total. The van der Waals surface area contributed by atoms with E-state index in [4.69, 9.17) is 4.74 Å². The first kappa shape index (κ1) is 9.00. The fraction of sp³-hybridized carbons (Fsp3) is 0.857. The number of nitrogens with one attached hydrogen (secondary N) is 1. The maximum absolute atomic E-state index is 10.8. The van der Waals surface area contributed by atoms with Gasteiger partial charge in [0, 0.05) is 0 Å². The van der Waals surface area contributed by atoms with Crippen molar-refractivity contribution in [3.05, 3.63) is 0 Å². The second-order valence-electron chi connectivity index (χ2n) is 2.57. The van der Waals surface area contributed by atoms with E-state index >= 15 is 0 Å². The number of piperidine rings is 1. The zero-order valence-electron chi connectivity index (χ0n) is 6.31. The van der Waals surface area contributed by atoms with Gasteiger partial charge >= 0.3 is 5.97 Å². The minimum atomic E-state index is -0.156. The molecule has 0 aromatic rings. The Balaban J connectivity index is 2.19. The van der Waals surface area contributed by atoms with Crippen molar-refractivity contribution in [2.75, 3.05) is 18.4 Å². The molecule has 0 aromatic heterocycles. The number of halogens is 1. The largest absolute Gasteiger partial charge is 0.462 e. The molecular formula is C7H12BrNO2. The Morgan fingerprint density at radius 3 is 2.73 bits per heavy atom. The summed E-state index contributed by atoms with van der Waals surface area (Å²) in [7, 11) is 0. The van der Waals surface area contributed by atoms with Crippen LogP contribution in [-0.4, -0.2) is 30.5 Å². The molecule has 1 aliphatic rings. The third-order valence-corrected chi connectivity index (χ3v) is 2.15. The highest BCUT2D eigenvalue weighted by Crippen LogP contribution is 2.07. The molecule has 1 aliphatic heterocycles. The number of hydrogen-bond donors (Lipinski definition) is 1. The van der Waals surface area contributed by atoms with Gasteiger partial charge in [-0.2, -0.15) is 0 Å². The predicted octanol–water partition coefficient (Wildman–Crippen LogP) is 0.677. The summed E-state index contributed by atoms with van der Waals surface area (Å²) in [6.45, 7) is 1.92. The summed E-state index contributed by atoms with van der Waals surface area (Å²) in [5.41, 5.74) is 0. The summed E-state index contributed by atoms with van der Waals surface area (Å²) in [6, 6.07) is 0. The van der Waals surface area contributed by atoms with Gasteiger partial charge in [-0.15, -0.1) is 0 Å². The number of rotatable bonds is 2. The molecule has 0 aliphatic carbocycles.